The van der Waals surface area contributed by atoms with Gasteiger partial charge in [-0.15, -0.1) is 0 Å². The molecular weight excluding hydrogens is 382 g/mol. The molecule has 0 bridgehead atoms. The van der Waals surface area contributed by atoms with Crippen molar-refractivity contribution in [1.82, 2.24) is 9.47 Å². The SMILES string of the molecule is Cc1ccc2c(c1C)-n1cccc1C1(CCN(C(=O)c3ccc(Cl)cc3)CC1)N2. The Morgan fingerprint density at radius 1 is 1.03 bits per heavy atom. The second-order valence-electron chi connectivity index (χ2n) is 8.17. The number of hydrogen-bond acceptors (Lipinski definition) is 2. The zero-order valence-electron chi connectivity index (χ0n) is 16.7. The fourth-order valence-electron chi connectivity index (χ4n) is 4.75. The van der Waals surface area contributed by atoms with Gasteiger partial charge in [0.05, 0.1) is 16.9 Å². The van der Waals surface area contributed by atoms with Gasteiger partial charge < -0.3 is 14.8 Å². The molecular formula is C24H24ClN3O. The molecule has 3 aromatic rings. The number of carbonyl (C=O) groups is 1. The van der Waals surface area contributed by atoms with Crippen molar-refractivity contribution in [2.75, 3.05) is 18.4 Å². The van der Waals surface area contributed by atoms with Crippen molar-refractivity contribution in [2.45, 2.75) is 32.2 Å². The molecule has 1 saturated heterocycles. The van der Waals surface area contributed by atoms with E-state index >= 15 is 0 Å². The lowest BCUT2D eigenvalue weighted by molar-refractivity contribution is 0.0676. The van der Waals surface area contributed by atoms with Gasteiger partial charge in [-0.25, -0.2) is 0 Å². The van der Waals surface area contributed by atoms with Crippen molar-refractivity contribution in [3.63, 3.8) is 0 Å². The van der Waals surface area contributed by atoms with Gasteiger partial charge in [-0.05, 0) is 80.3 Å². The summed E-state index contributed by atoms with van der Waals surface area (Å²) in [5.41, 5.74) is 6.86. The molecule has 1 amide bonds. The number of rotatable bonds is 1. The maximum Gasteiger partial charge on any atom is 0.253 e. The summed E-state index contributed by atoms with van der Waals surface area (Å²) in [6.07, 6.45) is 3.92. The number of benzene rings is 2. The van der Waals surface area contributed by atoms with Gasteiger partial charge in [-0.2, -0.15) is 0 Å². The Bertz CT molecular complexity index is 1090. The standard InChI is InChI=1S/C24H24ClN3O/c1-16-5-10-20-22(17(16)2)28-13-3-4-21(28)24(26-20)11-14-27(15-12-24)23(29)18-6-8-19(25)9-7-18/h3-10,13,26H,11-12,14-15H2,1-2H3. The van der Waals surface area contributed by atoms with E-state index in [1.807, 2.05) is 4.90 Å². The average molecular weight is 406 g/mol. The molecule has 2 aliphatic rings. The maximum atomic E-state index is 12.9. The highest BCUT2D eigenvalue weighted by Gasteiger charge is 2.42. The van der Waals surface area contributed by atoms with Gasteiger partial charge in [0.25, 0.3) is 5.91 Å². The number of anilines is 1. The molecule has 4 nitrogen and oxygen atoms in total. The number of amides is 1. The molecule has 5 rings (SSSR count). The van der Waals surface area contributed by atoms with Crippen molar-refractivity contribution in [1.29, 1.82) is 0 Å². The zero-order chi connectivity index (χ0) is 20.2. The van der Waals surface area contributed by atoms with Crippen LogP contribution in [0.25, 0.3) is 5.69 Å². The predicted octanol–water partition coefficient (Wildman–Crippen LogP) is 5.30. The molecule has 0 aliphatic carbocycles. The molecule has 0 saturated carbocycles. The highest BCUT2D eigenvalue weighted by Crippen LogP contribution is 2.44. The van der Waals surface area contributed by atoms with E-state index in [0.717, 1.165) is 25.9 Å². The molecule has 5 heteroatoms. The largest absolute Gasteiger partial charge is 0.372 e. The second kappa shape index (κ2) is 6.67. The van der Waals surface area contributed by atoms with E-state index in [1.165, 1.54) is 28.2 Å². The Morgan fingerprint density at radius 3 is 2.48 bits per heavy atom. The molecule has 0 unspecified atom stereocenters. The van der Waals surface area contributed by atoms with Crippen molar-refractivity contribution in [3.8, 4) is 5.69 Å². The number of nitrogens with one attached hydrogen (secondary N) is 1. The minimum Gasteiger partial charge on any atom is -0.372 e. The number of halogens is 1. The normalized spacial score (nSPS) is 16.9. The topological polar surface area (TPSA) is 37.3 Å². The minimum absolute atomic E-state index is 0.0783. The number of likely N-dealkylation sites (tertiary alicyclic amines) is 1. The van der Waals surface area contributed by atoms with Crippen LogP contribution in [0.15, 0.2) is 54.7 Å². The van der Waals surface area contributed by atoms with E-state index in [4.69, 9.17) is 11.6 Å². The summed E-state index contributed by atoms with van der Waals surface area (Å²) in [7, 11) is 0. The maximum absolute atomic E-state index is 12.9. The summed E-state index contributed by atoms with van der Waals surface area (Å²) >= 11 is 5.96. The molecule has 0 atom stereocenters. The first kappa shape index (κ1) is 18.3. The number of nitrogens with zero attached hydrogens (tertiary/aromatic N) is 2. The Labute approximate surface area is 176 Å². The third-order valence-electron chi connectivity index (χ3n) is 6.55. The van der Waals surface area contributed by atoms with E-state index in [0.29, 0.717) is 10.6 Å². The fourth-order valence-corrected chi connectivity index (χ4v) is 4.87. The van der Waals surface area contributed by atoms with Crippen LogP contribution in [0, 0.1) is 13.8 Å². The molecule has 1 aromatic heterocycles. The number of aromatic nitrogens is 1. The molecule has 148 valence electrons. The van der Waals surface area contributed by atoms with E-state index in [-0.39, 0.29) is 11.4 Å². The summed E-state index contributed by atoms with van der Waals surface area (Å²) in [5, 5.41) is 4.50. The number of fused-ring (bicyclic) bond motifs is 4. The van der Waals surface area contributed by atoms with Gasteiger partial charge >= 0.3 is 0 Å². The van der Waals surface area contributed by atoms with E-state index in [2.05, 4.69) is 54.2 Å². The van der Waals surface area contributed by atoms with Crippen LogP contribution in [0.3, 0.4) is 0 Å². The monoisotopic (exact) mass is 405 g/mol. The van der Waals surface area contributed by atoms with Gasteiger partial charge in [0.15, 0.2) is 0 Å². The van der Waals surface area contributed by atoms with Crippen molar-refractivity contribution >= 4 is 23.2 Å². The van der Waals surface area contributed by atoms with Crippen LogP contribution in [0.4, 0.5) is 5.69 Å². The number of aryl methyl sites for hydroxylation is 1. The van der Waals surface area contributed by atoms with Crippen LogP contribution in [-0.4, -0.2) is 28.5 Å². The quantitative estimate of drug-likeness (QED) is 0.596. The van der Waals surface area contributed by atoms with Gasteiger partial charge in [0.2, 0.25) is 0 Å². The van der Waals surface area contributed by atoms with Gasteiger partial charge in [0.1, 0.15) is 0 Å². The minimum atomic E-state index is -0.144. The smallest absolute Gasteiger partial charge is 0.253 e. The summed E-state index contributed by atoms with van der Waals surface area (Å²) in [6.45, 7) is 5.79. The molecule has 1 spiro atoms. The van der Waals surface area contributed by atoms with Gasteiger partial charge in [-0.1, -0.05) is 17.7 Å². The highest BCUT2D eigenvalue weighted by atomic mass is 35.5. The second-order valence-corrected chi connectivity index (χ2v) is 8.61. The fraction of sp³-hybridized carbons (Fsp3) is 0.292. The lowest BCUT2D eigenvalue weighted by atomic mass is 9.81. The Morgan fingerprint density at radius 2 is 1.76 bits per heavy atom. The Balaban J connectivity index is 1.43. The first-order valence-electron chi connectivity index (χ1n) is 10.1. The lowest BCUT2D eigenvalue weighted by Gasteiger charge is -2.46. The first-order chi connectivity index (χ1) is 14.0. The van der Waals surface area contributed by atoms with Crippen LogP contribution in [0.5, 0.6) is 0 Å². The molecule has 0 radical (unpaired) electrons. The summed E-state index contributed by atoms with van der Waals surface area (Å²) < 4.78 is 2.34. The first-order valence-corrected chi connectivity index (χ1v) is 10.5. The van der Waals surface area contributed by atoms with Gasteiger partial charge in [0, 0.05) is 35.6 Å². The van der Waals surface area contributed by atoms with Gasteiger partial charge in [-0.3, -0.25) is 4.79 Å². The molecule has 2 aliphatic heterocycles. The van der Waals surface area contributed by atoms with Crippen LogP contribution in [0.2, 0.25) is 5.02 Å². The van der Waals surface area contributed by atoms with Crippen molar-refractivity contribution in [3.05, 3.63) is 82.1 Å². The van der Waals surface area contributed by atoms with E-state index in [1.54, 1.807) is 24.3 Å². The van der Waals surface area contributed by atoms with E-state index in [9.17, 15) is 4.79 Å². The van der Waals surface area contributed by atoms with Crippen LogP contribution >= 0.6 is 11.6 Å². The predicted molar refractivity (Wildman–Crippen MR) is 117 cm³/mol. The zero-order valence-corrected chi connectivity index (χ0v) is 17.5. The lowest BCUT2D eigenvalue weighted by Crippen LogP contribution is -2.51. The third-order valence-corrected chi connectivity index (χ3v) is 6.80. The van der Waals surface area contributed by atoms with Crippen molar-refractivity contribution < 1.29 is 4.79 Å². The highest BCUT2D eigenvalue weighted by molar-refractivity contribution is 6.30. The third kappa shape index (κ3) is 2.85. The molecule has 2 aromatic carbocycles. The number of carbonyl (C=O) groups excluding carboxylic acids is 1. The summed E-state index contributed by atoms with van der Waals surface area (Å²) in [5.74, 6) is 0.0783. The van der Waals surface area contributed by atoms with Crippen molar-refractivity contribution in [2.24, 2.45) is 0 Å². The Kier molecular flexibility index (Phi) is 4.21. The molecule has 29 heavy (non-hydrogen) atoms. The molecule has 3 heterocycles. The number of piperidine rings is 1. The molecule has 1 fully saturated rings. The summed E-state index contributed by atoms with van der Waals surface area (Å²) in [4.78, 5) is 14.9. The Hall–Kier alpha value is -2.72. The summed E-state index contributed by atoms with van der Waals surface area (Å²) in [6, 6.07) is 15.9. The average Bonchev–Trinajstić information content (AvgIpc) is 3.22. The van der Waals surface area contributed by atoms with E-state index < -0.39 is 0 Å². The van der Waals surface area contributed by atoms with Crippen LogP contribution in [-0.2, 0) is 5.54 Å². The number of hydrogen-bond donors (Lipinski definition) is 1. The van der Waals surface area contributed by atoms with Crippen LogP contribution < -0.4 is 5.32 Å². The van der Waals surface area contributed by atoms with Crippen LogP contribution in [0.1, 0.15) is 40.0 Å². The molecule has 1 N–H and O–H groups in total.